The molecule has 0 radical (unpaired) electrons. The van der Waals surface area contributed by atoms with Gasteiger partial charge in [-0.15, -0.1) is 0 Å². The molecule has 0 spiro atoms. The Bertz CT molecular complexity index is 432. The molecule has 0 bridgehead atoms. The minimum Gasteiger partial charge on any atom is -0.382 e. The number of benzene rings is 1. The van der Waals surface area contributed by atoms with Gasteiger partial charge in [-0.3, -0.25) is 4.99 Å². The van der Waals surface area contributed by atoms with Crippen LogP contribution in [0, 0.1) is 0 Å². The fourth-order valence-corrected chi connectivity index (χ4v) is 2.06. The molecule has 0 saturated heterocycles. The summed E-state index contributed by atoms with van der Waals surface area (Å²) in [6.45, 7) is 8.73. The van der Waals surface area contributed by atoms with Crippen molar-refractivity contribution in [3.63, 3.8) is 0 Å². The lowest BCUT2D eigenvalue weighted by atomic mass is 10.1. The Morgan fingerprint density at radius 1 is 0.957 bits per heavy atom. The molecule has 0 aliphatic rings. The molecule has 23 heavy (non-hydrogen) atoms. The van der Waals surface area contributed by atoms with Crippen molar-refractivity contribution in [2.75, 3.05) is 33.4 Å². The fraction of sp³-hybridized carbons (Fsp3) is 0.611. The number of nitrogens with one attached hydrogen (secondary N) is 2. The Hall–Kier alpha value is -1.59. The first-order valence-electron chi connectivity index (χ1n) is 8.48. The summed E-state index contributed by atoms with van der Waals surface area (Å²) >= 11 is 0. The molecule has 0 aromatic heterocycles. The van der Waals surface area contributed by atoms with E-state index in [0.717, 1.165) is 51.7 Å². The number of rotatable bonds is 11. The maximum Gasteiger partial charge on any atom is 0.191 e. The van der Waals surface area contributed by atoms with Crippen LogP contribution in [0.3, 0.4) is 0 Å². The van der Waals surface area contributed by atoms with E-state index < -0.39 is 0 Å². The second-order valence-electron chi connectivity index (χ2n) is 5.21. The molecule has 0 heterocycles. The Labute approximate surface area is 140 Å². The molecule has 0 atom stereocenters. The zero-order valence-electron chi connectivity index (χ0n) is 14.7. The monoisotopic (exact) mass is 321 g/mol. The van der Waals surface area contributed by atoms with Gasteiger partial charge in [0, 0.05) is 40.0 Å². The van der Waals surface area contributed by atoms with Crippen molar-refractivity contribution >= 4 is 5.96 Å². The van der Waals surface area contributed by atoms with Gasteiger partial charge in [-0.05, 0) is 37.8 Å². The highest BCUT2D eigenvalue weighted by Crippen LogP contribution is 2.05. The molecule has 0 aliphatic carbocycles. The van der Waals surface area contributed by atoms with Crippen molar-refractivity contribution in [1.82, 2.24) is 10.6 Å². The summed E-state index contributed by atoms with van der Waals surface area (Å²) in [6, 6.07) is 8.46. The highest BCUT2D eigenvalue weighted by Gasteiger charge is 1.99. The molecular weight excluding hydrogens is 290 g/mol. The van der Waals surface area contributed by atoms with Gasteiger partial charge in [0.2, 0.25) is 0 Å². The van der Waals surface area contributed by atoms with E-state index in [1.807, 2.05) is 13.8 Å². The first kappa shape index (κ1) is 19.5. The Morgan fingerprint density at radius 3 is 2.30 bits per heavy atom. The third-order valence-electron chi connectivity index (χ3n) is 3.39. The van der Waals surface area contributed by atoms with Crippen LogP contribution in [0.25, 0.3) is 0 Å². The molecule has 0 unspecified atom stereocenters. The van der Waals surface area contributed by atoms with E-state index in [0.29, 0.717) is 6.61 Å². The third-order valence-corrected chi connectivity index (χ3v) is 3.39. The van der Waals surface area contributed by atoms with Gasteiger partial charge in [0.1, 0.15) is 0 Å². The predicted molar refractivity (Wildman–Crippen MR) is 95.7 cm³/mol. The van der Waals surface area contributed by atoms with Crippen molar-refractivity contribution in [1.29, 1.82) is 0 Å². The summed E-state index contributed by atoms with van der Waals surface area (Å²) in [4.78, 5) is 4.24. The average molecular weight is 321 g/mol. The SMILES string of the molecule is CCOCCCCNC(=NC)NCc1ccc(COCC)cc1. The van der Waals surface area contributed by atoms with Gasteiger partial charge >= 0.3 is 0 Å². The maximum atomic E-state index is 5.40. The second kappa shape index (κ2) is 12.9. The van der Waals surface area contributed by atoms with Crippen LogP contribution in [0.5, 0.6) is 0 Å². The largest absolute Gasteiger partial charge is 0.382 e. The lowest BCUT2D eigenvalue weighted by molar-refractivity contribution is 0.134. The second-order valence-corrected chi connectivity index (χ2v) is 5.21. The number of guanidine groups is 1. The van der Waals surface area contributed by atoms with E-state index >= 15 is 0 Å². The smallest absolute Gasteiger partial charge is 0.191 e. The van der Waals surface area contributed by atoms with E-state index in [9.17, 15) is 0 Å². The zero-order valence-corrected chi connectivity index (χ0v) is 14.7. The average Bonchev–Trinajstić information content (AvgIpc) is 2.59. The molecule has 1 aromatic carbocycles. The zero-order chi connectivity index (χ0) is 16.8. The lowest BCUT2D eigenvalue weighted by Crippen LogP contribution is -2.37. The fourth-order valence-electron chi connectivity index (χ4n) is 2.06. The van der Waals surface area contributed by atoms with Gasteiger partial charge in [-0.2, -0.15) is 0 Å². The molecule has 2 N–H and O–H groups in total. The van der Waals surface area contributed by atoms with Gasteiger partial charge in [0.05, 0.1) is 6.61 Å². The van der Waals surface area contributed by atoms with Crippen molar-refractivity contribution in [2.45, 2.75) is 39.8 Å². The number of hydrogen-bond donors (Lipinski definition) is 2. The van der Waals surface area contributed by atoms with Crippen LogP contribution in [0.1, 0.15) is 37.8 Å². The Morgan fingerprint density at radius 2 is 1.65 bits per heavy atom. The molecule has 130 valence electrons. The molecule has 0 saturated carbocycles. The van der Waals surface area contributed by atoms with Crippen LogP contribution >= 0.6 is 0 Å². The molecule has 1 rings (SSSR count). The molecule has 0 aliphatic heterocycles. The molecule has 0 fully saturated rings. The summed E-state index contributed by atoms with van der Waals surface area (Å²) in [5, 5.41) is 6.65. The molecular formula is C18H31N3O2. The predicted octanol–water partition coefficient (Wildman–Crippen LogP) is 2.70. The number of ether oxygens (including phenoxy) is 2. The molecule has 5 heteroatoms. The highest BCUT2D eigenvalue weighted by molar-refractivity contribution is 5.79. The van der Waals surface area contributed by atoms with Crippen LogP contribution in [-0.4, -0.2) is 39.4 Å². The maximum absolute atomic E-state index is 5.40. The van der Waals surface area contributed by atoms with E-state index in [4.69, 9.17) is 9.47 Å². The standard InChI is InChI=1S/C18H31N3O2/c1-4-22-13-7-6-12-20-18(19-3)21-14-16-8-10-17(11-9-16)15-23-5-2/h8-11H,4-7,12-15H2,1-3H3,(H2,19,20,21). The van der Waals surface area contributed by atoms with E-state index in [2.05, 4.69) is 39.9 Å². The minimum atomic E-state index is 0.676. The van der Waals surface area contributed by atoms with Crippen LogP contribution in [-0.2, 0) is 22.6 Å². The Kier molecular flexibility index (Phi) is 10.9. The van der Waals surface area contributed by atoms with E-state index in [1.54, 1.807) is 7.05 Å². The summed E-state index contributed by atoms with van der Waals surface area (Å²) < 4.78 is 10.7. The van der Waals surface area contributed by atoms with Gasteiger partial charge in [0.15, 0.2) is 5.96 Å². The van der Waals surface area contributed by atoms with Crippen LogP contribution < -0.4 is 10.6 Å². The first-order valence-corrected chi connectivity index (χ1v) is 8.48. The number of hydrogen-bond acceptors (Lipinski definition) is 3. The number of nitrogens with zero attached hydrogens (tertiary/aromatic N) is 1. The minimum absolute atomic E-state index is 0.676. The molecule has 1 aromatic rings. The number of aliphatic imine (C=N–C) groups is 1. The summed E-state index contributed by atoms with van der Waals surface area (Å²) in [6.07, 6.45) is 2.14. The third kappa shape index (κ3) is 9.21. The summed E-state index contributed by atoms with van der Waals surface area (Å²) in [7, 11) is 1.79. The number of unbranched alkanes of at least 4 members (excludes halogenated alkanes) is 1. The quantitative estimate of drug-likeness (QED) is 0.374. The van der Waals surface area contributed by atoms with Crippen LogP contribution in [0.15, 0.2) is 29.3 Å². The normalized spacial score (nSPS) is 11.5. The van der Waals surface area contributed by atoms with E-state index in [1.165, 1.54) is 11.1 Å². The van der Waals surface area contributed by atoms with Crippen molar-refractivity contribution in [2.24, 2.45) is 4.99 Å². The van der Waals surface area contributed by atoms with Crippen molar-refractivity contribution < 1.29 is 9.47 Å². The van der Waals surface area contributed by atoms with Gasteiger partial charge in [-0.25, -0.2) is 0 Å². The van der Waals surface area contributed by atoms with Crippen molar-refractivity contribution in [3.8, 4) is 0 Å². The topological polar surface area (TPSA) is 54.9 Å². The Balaban J connectivity index is 2.23. The van der Waals surface area contributed by atoms with E-state index in [-0.39, 0.29) is 0 Å². The van der Waals surface area contributed by atoms with Gasteiger partial charge in [0.25, 0.3) is 0 Å². The van der Waals surface area contributed by atoms with Crippen LogP contribution in [0.2, 0.25) is 0 Å². The lowest BCUT2D eigenvalue weighted by Gasteiger charge is -2.12. The van der Waals surface area contributed by atoms with Crippen molar-refractivity contribution in [3.05, 3.63) is 35.4 Å². The molecule has 5 nitrogen and oxygen atoms in total. The van der Waals surface area contributed by atoms with Crippen LogP contribution in [0.4, 0.5) is 0 Å². The first-order chi connectivity index (χ1) is 11.3. The van der Waals surface area contributed by atoms with Gasteiger partial charge < -0.3 is 20.1 Å². The molecule has 0 amide bonds. The van der Waals surface area contributed by atoms with Gasteiger partial charge in [-0.1, -0.05) is 24.3 Å². The summed E-state index contributed by atoms with van der Waals surface area (Å²) in [5.41, 5.74) is 2.43. The summed E-state index contributed by atoms with van der Waals surface area (Å²) in [5.74, 6) is 0.833. The highest BCUT2D eigenvalue weighted by atomic mass is 16.5.